The van der Waals surface area contributed by atoms with Crippen molar-refractivity contribution in [2.45, 2.75) is 24.4 Å². The van der Waals surface area contributed by atoms with Crippen LogP contribution in [0.3, 0.4) is 0 Å². The molecule has 4 rings (SSSR count). The molecule has 1 aliphatic rings. The number of piperidine rings is 1. The molecule has 0 atom stereocenters. The second-order valence-corrected chi connectivity index (χ2v) is 8.61. The van der Waals surface area contributed by atoms with Crippen LogP contribution in [0.5, 0.6) is 0 Å². The highest BCUT2D eigenvalue weighted by atomic mass is 79.9. The Morgan fingerprint density at radius 2 is 1.72 bits per heavy atom. The van der Waals surface area contributed by atoms with Crippen LogP contribution >= 0.6 is 27.7 Å². The molecule has 3 aromatic rings. The van der Waals surface area contributed by atoms with Gasteiger partial charge in [-0.25, -0.2) is 0 Å². The number of halogens is 1. The lowest BCUT2D eigenvalue weighted by Gasteiger charge is -2.27. The van der Waals surface area contributed by atoms with E-state index in [4.69, 9.17) is 0 Å². The molecule has 8 heteroatoms. The van der Waals surface area contributed by atoms with E-state index in [2.05, 4.69) is 40.9 Å². The standard InChI is InChI=1S/C21H22BrN5OS/c22-17-11-5-6-12-18(17)23-19(28)15-29-21-25-24-20(26-13-7-2-8-14-26)27(21)16-9-3-1-4-10-16/h1,3-6,9-12H,2,7-8,13-15H2,(H,23,28). The van der Waals surface area contributed by atoms with Gasteiger partial charge in [0.1, 0.15) is 0 Å². The molecule has 0 radical (unpaired) electrons. The molecule has 1 aromatic heterocycles. The summed E-state index contributed by atoms with van der Waals surface area (Å²) >= 11 is 4.85. The Labute approximate surface area is 182 Å². The first-order valence-corrected chi connectivity index (χ1v) is 11.4. The molecule has 1 fully saturated rings. The highest BCUT2D eigenvalue weighted by molar-refractivity contribution is 9.10. The molecule has 0 bridgehead atoms. The van der Waals surface area contributed by atoms with E-state index in [1.54, 1.807) is 0 Å². The first-order chi connectivity index (χ1) is 14.2. The van der Waals surface area contributed by atoms with Gasteiger partial charge < -0.3 is 10.2 Å². The zero-order valence-electron chi connectivity index (χ0n) is 15.9. The van der Waals surface area contributed by atoms with E-state index in [1.807, 2.05) is 54.6 Å². The van der Waals surface area contributed by atoms with Crippen LogP contribution in [0.4, 0.5) is 11.6 Å². The van der Waals surface area contributed by atoms with Crippen LogP contribution < -0.4 is 10.2 Å². The zero-order valence-corrected chi connectivity index (χ0v) is 18.3. The van der Waals surface area contributed by atoms with Gasteiger partial charge in [-0.2, -0.15) is 0 Å². The number of nitrogens with zero attached hydrogens (tertiary/aromatic N) is 4. The lowest BCUT2D eigenvalue weighted by molar-refractivity contribution is -0.113. The lowest BCUT2D eigenvalue weighted by Crippen LogP contribution is -2.31. The van der Waals surface area contributed by atoms with Crippen LogP contribution in [-0.4, -0.2) is 39.5 Å². The molecule has 1 aliphatic heterocycles. The number of para-hydroxylation sites is 2. The van der Waals surface area contributed by atoms with Crippen molar-refractivity contribution in [1.82, 2.24) is 14.8 Å². The Hall–Kier alpha value is -2.32. The SMILES string of the molecule is O=C(CSc1nnc(N2CCCCC2)n1-c1ccccc1)Nc1ccccc1Br. The first kappa shape index (κ1) is 20.0. The van der Waals surface area contributed by atoms with Gasteiger partial charge in [0, 0.05) is 17.6 Å². The van der Waals surface area contributed by atoms with Gasteiger partial charge in [-0.15, -0.1) is 10.2 Å². The Morgan fingerprint density at radius 3 is 2.48 bits per heavy atom. The number of carbonyl (C=O) groups excluding carboxylic acids is 1. The minimum absolute atomic E-state index is 0.0796. The molecule has 2 aromatic carbocycles. The molecule has 0 aliphatic carbocycles. The molecule has 1 N–H and O–H groups in total. The predicted molar refractivity (Wildman–Crippen MR) is 121 cm³/mol. The fourth-order valence-corrected chi connectivity index (χ4v) is 4.47. The lowest BCUT2D eigenvalue weighted by atomic mass is 10.1. The number of aromatic nitrogens is 3. The molecule has 150 valence electrons. The van der Waals surface area contributed by atoms with E-state index in [9.17, 15) is 4.79 Å². The molecule has 1 saturated heterocycles. The van der Waals surface area contributed by atoms with E-state index in [0.717, 1.165) is 40.0 Å². The Morgan fingerprint density at radius 1 is 1.00 bits per heavy atom. The van der Waals surface area contributed by atoms with Gasteiger partial charge in [-0.1, -0.05) is 42.1 Å². The van der Waals surface area contributed by atoms with Gasteiger partial charge in [-0.05, 0) is 59.5 Å². The summed E-state index contributed by atoms with van der Waals surface area (Å²) in [5.41, 5.74) is 1.77. The summed E-state index contributed by atoms with van der Waals surface area (Å²) in [5.74, 6) is 1.03. The van der Waals surface area contributed by atoms with E-state index < -0.39 is 0 Å². The third-order valence-electron chi connectivity index (χ3n) is 4.75. The van der Waals surface area contributed by atoms with Crippen molar-refractivity contribution >= 4 is 45.2 Å². The minimum Gasteiger partial charge on any atom is -0.341 e. The molecule has 2 heterocycles. The summed E-state index contributed by atoms with van der Waals surface area (Å²) < 4.78 is 2.92. The molecular weight excluding hydrogens is 450 g/mol. The van der Waals surface area contributed by atoms with Crippen molar-refractivity contribution in [2.75, 3.05) is 29.1 Å². The summed E-state index contributed by atoms with van der Waals surface area (Å²) in [7, 11) is 0. The summed E-state index contributed by atoms with van der Waals surface area (Å²) in [6.45, 7) is 1.97. The Kier molecular flexibility index (Phi) is 6.51. The summed E-state index contributed by atoms with van der Waals surface area (Å²) in [6.07, 6.45) is 3.59. The third-order valence-corrected chi connectivity index (χ3v) is 6.37. The maximum absolute atomic E-state index is 12.5. The van der Waals surface area contributed by atoms with Crippen LogP contribution in [0, 0.1) is 0 Å². The Balaban J connectivity index is 1.53. The van der Waals surface area contributed by atoms with Crippen LogP contribution in [0.1, 0.15) is 19.3 Å². The van der Waals surface area contributed by atoms with Crippen LogP contribution in [-0.2, 0) is 4.79 Å². The van der Waals surface area contributed by atoms with E-state index >= 15 is 0 Å². The molecule has 29 heavy (non-hydrogen) atoms. The van der Waals surface area contributed by atoms with E-state index in [-0.39, 0.29) is 11.7 Å². The van der Waals surface area contributed by atoms with Crippen molar-refractivity contribution in [2.24, 2.45) is 0 Å². The summed E-state index contributed by atoms with van der Waals surface area (Å²) in [5, 5.41) is 12.5. The largest absolute Gasteiger partial charge is 0.341 e. The van der Waals surface area contributed by atoms with Crippen LogP contribution in [0.2, 0.25) is 0 Å². The fraction of sp³-hybridized carbons (Fsp3) is 0.286. The van der Waals surface area contributed by atoms with E-state index in [1.165, 1.54) is 31.0 Å². The number of carbonyl (C=O) groups is 1. The Bertz CT molecular complexity index is 972. The van der Waals surface area contributed by atoms with Crippen molar-refractivity contribution in [3.05, 3.63) is 59.1 Å². The molecule has 0 unspecified atom stereocenters. The number of thioether (sulfide) groups is 1. The molecule has 6 nitrogen and oxygen atoms in total. The van der Waals surface area contributed by atoms with Crippen molar-refractivity contribution in [3.63, 3.8) is 0 Å². The highest BCUT2D eigenvalue weighted by Gasteiger charge is 2.22. The van der Waals surface area contributed by atoms with Gasteiger partial charge >= 0.3 is 0 Å². The van der Waals surface area contributed by atoms with Crippen molar-refractivity contribution in [3.8, 4) is 5.69 Å². The number of benzene rings is 2. The second-order valence-electron chi connectivity index (χ2n) is 6.82. The number of hydrogen-bond acceptors (Lipinski definition) is 5. The van der Waals surface area contributed by atoms with Gasteiger partial charge in [-0.3, -0.25) is 9.36 Å². The average molecular weight is 472 g/mol. The number of rotatable bonds is 6. The van der Waals surface area contributed by atoms with Gasteiger partial charge in [0.25, 0.3) is 0 Å². The number of amides is 1. The highest BCUT2D eigenvalue weighted by Crippen LogP contribution is 2.28. The monoisotopic (exact) mass is 471 g/mol. The van der Waals surface area contributed by atoms with E-state index in [0.29, 0.717) is 0 Å². The zero-order chi connectivity index (χ0) is 20.1. The quantitative estimate of drug-likeness (QED) is 0.525. The first-order valence-electron chi connectivity index (χ1n) is 9.65. The van der Waals surface area contributed by atoms with Gasteiger partial charge in [0.05, 0.1) is 17.1 Å². The van der Waals surface area contributed by atoms with Gasteiger partial charge in [0.2, 0.25) is 11.9 Å². The maximum atomic E-state index is 12.5. The number of hydrogen-bond donors (Lipinski definition) is 1. The minimum atomic E-state index is -0.0796. The topological polar surface area (TPSA) is 63.1 Å². The summed E-state index contributed by atoms with van der Waals surface area (Å²) in [4.78, 5) is 14.8. The smallest absolute Gasteiger partial charge is 0.234 e. The van der Waals surface area contributed by atoms with Crippen LogP contribution in [0.25, 0.3) is 5.69 Å². The summed E-state index contributed by atoms with van der Waals surface area (Å²) in [6, 6.07) is 17.7. The molecule has 1 amide bonds. The molecular formula is C21H22BrN5OS. The van der Waals surface area contributed by atoms with Crippen molar-refractivity contribution in [1.29, 1.82) is 0 Å². The fourth-order valence-electron chi connectivity index (χ4n) is 3.34. The molecule has 0 spiro atoms. The predicted octanol–water partition coefficient (Wildman–Crippen LogP) is 4.75. The average Bonchev–Trinajstić information content (AvgIpc) is 3.19. The number of nitrogens with one attached hydrogen (secondary N) is 1. The van der Waals surface area contributed by atoms with Crippen LogP contribution in [0.15, 0.2) is 64.2 Å². The normalized spacial score (nSPS) is 14.0. The third kappa shape index (κ3) is 4.82. The van der Waals surface area contributed by atoms with Gasteiger partial charge in [0.15, 0.2) is 5.16 Å². The second kappa shape index (κ2) is 9.45. The van der Waals surface area contributed by atoms with Crippen molar-refractivity contribution < 1.29 is 4.79 Å². The maximum Gasteiger partial charge on any atom is 0.234 e. The molecule has 0 saturated carbocycles. The number of anilines is 2.